The van der Waals surface area contributed by atoms with Crippen molar-refractivity contribution in [3.8, 4) is 0 Å². The van der Waals surface area contributed by atoms with Crippen molar-refractivity contribution in [3.63, 3.8) is 0 Å². The Hall–Kier alpha value is -2.25. The van der Waals surface area contributed by atoms with Gasteiger partial charge in [0.05, 0.1) is 25.2 Å². The summed E-state index contributed by atoms with van der Waals surface area (Å²) in [5.74, 6) is -0.839. The lowest BCUT2D eigenvalue weighted by Gasteiger charge is -2.57. The molecule has 7 nitrogen and oxygen atoms in total. The fourth-order valence-electron chi connectivity index (χ4n) is 8.91. The molecule has 2 saturated heterocycles. The number of ether oxygens (including phenoxy) is 3. The van der Waals surface area contributed by atoms with Gasteiger partial charge < -0.3 is 19.3 Å². The zero-order valence-electron chi connectivity index (χ0n) is 23.8. The highest BCUT2D eigenvalue weighted by atomic mass is 16.6. The van der Waals surface area contributed by atoms with Gasteiger partial charge in [-0.2, -0.15) is 0 Å². The van der Waals surface area contributed by atoms with E-state index in [9.17, 15) is 19.5 Å². The molecule has 208 valence electrons. The maximum absolute atomic E-state index is 14.3. The van der Waals surface area contributed by atoms with Crippen molar-refractivity contribution in [2.24, 2.45) is 34.0 Å². The Morgan fingerprint density at radius 2 is 1.87 bits per heavy atom. The molecule has 38 heavy (non-hydrogen) atoms. The van der Waals surface area contributed by atoms with Crippen molar-refractivity contribution < 1.29 is 33.7 Å². The summed E-state index contributed by atoms with van der Waals surface area (Å²) in [4.78, 5) is 38.5. The molecule has 7 heteroatoms. The number of hydrogen-bond donors (Lipinski definition) is 1. The minimum Gasteiger partial charge on any atom is -0.469 e. The van der Waals surface area contributed by atoms with Gasteiger partial charge in [0.15, 0.2) is 5.78 Å². The van der Waals surface area contributed by atoms with Gasteiger partial charge in [-0.1, -0.05) is 45.4 Å². The predicted octanol–water partition coefficient (Wildman–Crippen LogP) is 4.48. The van der Waals surface area contributed by atoms with Gasteiger partial charge in [-0.25, -0.2) is 0 Å². The second-order valence-electron chi connectivity index (χ2n) is 13.1. The fourth-order valence-corrected chi connectivity index (χ4v) is 8.91. The standard InChI is InChI=1S/C31H42O7/c1-16(2)20-14-25-31(38-25)22(28(20,5)10-9-26(34)36-8)15-23(32)29(6)21(13-24(33)30(29,31)7)17(3)11-19-12-18(4)27(35)37-19/h11,15,18-21,24-25,33H,1,9-10,12-14H2,2-8H3/b17-11+/t18-,19-,20-,21+,24-,25+,28-,29-,30+,31-/m0/s1. The molecule has 0 aromatic rings. The lowest BCUT2D eigenvalue weighted by molar-refractivity contribution is -0.144. The van der Waals surface area contributed by atoms with Crippen LogP contribution in [0.2, 0.25) is 0 Å². The van der Waals surface area contributed by atoms with E-state index < -0.39 is 27.9 Å². The van der Waals surface area contributed by atoms with Crippen LogP contribution in [0.25, 0.3) is 0 Å². The van der Waals surface area contributed by atoms with Gasteiger partial charge in [0.25, 0.3) is 0 Å². The van der Waals surface area contributed by atoms with Gasteiger partial charge in [-0.15, -0.1) is 0 Å². The molecule has 5 aliphatic rings. The second-order valence-corrected chi connectivity index (χ2v) is 13.1. The van der Waals surface area contributed by atoms with Crippen molar-refractivity contribution in [1.82, 2.24) is 0 Å². The first-order chi connectivity index (χ1) is 17.7. The van der Waals surface area contributed by atoms with Gasteiger partial charge in [0, 0.05) is 23.7 Å². The van der Waals surface area contributed by atoms with E-state index in [1.54, 1.807) is 6.08 Å². The first kappa shape index (κ1) is 27.3. The molecule has 10 atom stereocenters. The van der Waals surface area contributed by atoms with Crippen LogP contribution in [0.4, 0.5) is 0 Å². The third-order valence-corrected chi connectivity index (χ3v) is 11.3. The summed E-state index contributed by atoms with van der Waals surface area (Å²) in [7, 11) is 1.39. The molecule has 1 N–H and O–H groups in total. The van der Waals surface area contributed by atoms with E-state index in [2.05, 4.69) is 13.5 Å². The highest BCUT2D eigenvalue weighted by molar-refractivity contribution is 5.99. The van der Waals surface area contributed by atoms with E-state index in [0.29, 0.717) is 19.3 Å². The molecule has 2 saturated carbocycles. The van der Waals surface area contributed by atoms with Gasteiger partial charge in [0.2, 0.25) is 0 Å². The highest BCUT2D eigenvalue weighted by Gasteiger charge is 2.84. The summed E-state index contributed by atoms with van der Waals surface area (Å²) in [6.45, 7) is 16.2. The van der Waals surface area contributed by atoms with E-state index in [1.165, 1.54) is 7.11 Å². The topological polar surface area (TPSA) is 102 Å². The summed E-state index contributed by atoms with van der Waals surface area (Å²) >= 11 is 0. The molecule has 2 heterocycles. The smallest absolute Gasteiger partial charge is 0.309 e. The summed E-state index contributed by atoms with van der Waals surface area (Å²) < 4.78 is 17.1. The first-order valence-electron chi connectivity index (χ1n) is 13.9. The van der Waals surface area contributed by atoms with Gasteiger partial charge in [-0.05, 0) is 68.1 Å². The Balaban J connectivity index is 1.59. The maximum Gasteiger partial charge on any atom is 0.309 e. The molecule has 4 fully saturated rings. The molecule has 3 aliphatic carbocycles. The third kappa shape index (κ3) is 3.30. The molecule has 2 aliphatic heterocycles. The maximum atomic E-state index is 14.3. The van der Waals surface area contributed by atoms with Crippen LogP contribution in [0.5, 0.6) is 0 Å². The number of carbonyl (C=O) groups is 3. The Labute approximate surface area is 225 Å². The summed E-state index contributed by atoms with van der Waals surface area (Å²) in [5, 5.41) is 11.8. The molecule has 0 aromatic heterocycles. The monoisotopic (exact) mass is 526 g/mol. The lowest BCUT2D eigenvalue weighted by Crippen LogP contribution is -2.63. The summed E-state index contributed by atoms with van der Waals surface area (Å²) in [6.07, 6.45) is 5.05. The van der Waals surface area contributed by atoms with Crippen LogP contribution < -0.4 is 0 Å². The largest absolute Gasteiger partial charge is 0.469 e. The van der Waals surface area contributed by atoms with E-state index >= 15 is 0 Å². The average Bonchev–Trinajstić information content (AvgIpc) is 3.44. The number of fused-ring (bicyclic) bond motifs is 1. The van der Waals surface area contributed by atoms with Gasteiger partial charge >= 0.3 is 11.9 Å². The summed E-state index contributed by atoms with van der Waals surface area (Å²) in [6, 6.07) is 0. The number of cyclic esters (lactones) is 1. The van der Waals surface area contributed by atoms with E-state index in [1.807, 2.05) is 40.7 Å². The third-order valence-electron chi connectivity index (χ3n) is 11.3. The molecular formula is C31H42O7. The number of rotatable bonds is 6. The van der Waals surface area contributed by atoms with Crippen molar-refractivity contribution in [2.75, 3.05) is 7.11 Å². The van der Waals surface area contributed by atoms with Crippen molar-refractivity contribution >= 4 is 17.7 Å². The predicted molar refractivity (Wildman–Crippen MR) is 141 cm³/mol. The Kier molecular flexibility index (Phi) is 6.20. The van der Waals surface area contributed by atoms with Crippen LogP contribution in [-0.2, 0) is 28.6 Å². The number of epoxide rings is 1. The van der Waals surface area contributed by atoms with Crippen molar-refractivity contribution in [2.45, 2.75) is 97.6 Å². The average molecular weight is 527 g/mol. The summed E-state index contributed by atoms with van der Waals surface area (Å²) in [5.41, 5.74) is -0.235. The van der Waals surface area contributed by atoms with Gasteiger partial charge in [0.1, 0.15) is 11.7 Å². The molecule has 0 aromatic carbocycles. The number of aliphatic hydroxyl groups is 1. The number of esters is 2. The second kappa shape index (κ2) is 8.62. The number of aliphatic hydroxyl groups excluding tert-OH is 1. The number of ketones is 1. The molecule has 0 amide bonds. The van der Waals surface area contributed by atoms with Crippen LogP contribution in [0.15, 0.2) is 35.5 Å². The molecule has 0 unspecified atom stereocenters. The minimum atomic E-state index is -0.904. The quantitative estimate of drug-likeness (QED) is 0.309. The molecule has 0 radical (unpaired) electrons. The zero-order chi connectivity index (χ0) is 28.0. The van der Waals surface area contributed by atoms with Crippen LogP contribution in [0, 0.1) is 34.0 Å². The fraction of sp³-hybridized carbons (Fsp3) is 0.710. The van der Waals surface area contributed by atoms with Crippen LogP contribution >= 0.6 is 0 Å². The Bertz CT molecular complexity index is 1170. The SMILES string of the molecule is C=C(C)[C@@H]1C[C@H]2O[C@@]23C(=CC(=O)[C@]2(C)[C@@H](/C(C)=C/[C@H]4C[C@H](C)C(=O)O4)C[C@H](O)[C@]23C)[C@@]1(C)CCC(=O)OC. The lowest BCUT2D eigenvalue weighted by atomic mass is 9.43. The number of methoxy groups -OCH3 is 1. The normalized spacial score (nSPS) is 47.5. The van der Waals surface area contributed by atoms with E-state index in [4.69, 9.17) is 14.2 Å². The highest BCUT2D eigenvalue weighted by Crippen LogP contribution is 2.78. The zero-order valence-corrected chi connectivity index (χ0v) is 23.8. The minimum absolute atomic E-state index is 0.0207. The number of allylic oxidation sites excluding steroid dienone is 3. The molecular weight excluding hydrogens is 484 g/mol. The number of carbonyl (C=O) groups excluding carboxylic acids is 3. The number of hydrogen-bond acceptors (Lipinski definition) is 7. The molecule has 1 spiro atoms. The van der Waals surface area contributed by atoms with Crippen LogP contribution in [-0.4, -0.2) is 53.9 Å². The van der Waals surface area contributed by atoms with Crippen molar-refractivity contribution in [1.29, 1.82) is 0 Å². The molecule has 0 bridgehead atoms. The van der Waals surface area contributed by atoms with Crippen LogP contribution in [0.3, 0.4) is 0 Å². The first-order valence-corrected chi connectivity index (χ1v) is 13.9. The van der Waals surface area contributed by atoms with Crippen LogP contribution in [0.1, 0.15) is 73.6 Å². The Morgan fingerprint density at radius 3 is 2.45 bits per heavy atom. The Morgan fingerprint density at radius 1 is 1.18 bits per heavy atom. The molecule has 5 rings (SSSR count). The van der Waals surface area contributed by atoms with Crippen molar-refractivity contribution in [3.05, 3.63) is 35.5 Å². The van der Waals surface area contributed by atoms with E-state index in [0.717, 1.165) is 23.1 Å². The van der Waals surface area contributed by atoms with Gasteiger partial charge in [-0.3, -0.25) is 14.4 Å². The van der Waals surface area contributed by atoms with E-state index in [-0.39, 0.29) is 54.1 Å².